The molecule has 16 heavy (non-hydrogen) atoms. The van der Waals surface area contributed by atoms with Gasteiger partial charge < -0.3 is 10.7 Å². The van der Waals surface area contributed by atoms with E-state index >= 15 is 0 Å². The lowest BCUT2D eigenvalue weighted by Gasteiger charge is -2.01. The summed E-state index contributed by atoms with van der Waals surface area (Å²) in [7, 11) is 0. The maximum absolute atomic E-state index is 5.70. The van der Waals surface area contributed by atoms with E-state index in [4.69, 9.17) is 5.73 Å². The number of H-pyrrole nitrogens is 1. The van der Waals surface area contributed by atoms with Crippen LogP contribution < -0.4 is 5.73 Å². The van der Waals surface area contributed by atoms with Crippen molar-refractivity contribution in [1.29, 1.82) is 0 Å². The largest absolute Gasteiger partial charge is 0.341 e. The Balaban J connectivity index is 2.08. The van der Waals surface area contributed by atoms with Crippen LogP contribution in [0, 0.1) is 0 Å². The molecular formula is C11H15BrN4. The summed E-state index contributed by atoms with van der Waals surface area (Å²) in [4.78, 5) is 11.9. The average molecular weight is 283 g/mol. The minimum absolute atomic E-state index is 0.261. The van der Waals surface area contributed by atoms with Gasteiger partial charge in [-0.1, -0.05) is 0 Å². The molecule has 0 aliphatic heterocycles. The number of nitrogens with two attached hydrogens (primary N) is 1. The fraction of sp³-hybridized carbons (Fsp3) is 0.455. The Morgan fingerprint density at radius 2 is 2.38 bits per heavy atom. The smallest absolute Gasteiger partial charge is 0.177 e. The molecule has 0 amide bonds. The lowest BCUT2D eigenvalue weighted by atomic mass is 10.1. The molecule has 4 nitrogen and oxygen atoms in total. The Hall–Kier alpha value is -0.940. The van der Waals surface area contributed by atoms with Gasteiger partial charge in [0.2, 0.25) is 0 Å². The number of nitrogens with one attached hydrogen (secondary N) is 1. The van der Waals surface area contributed by atoms with Gasteiger partial charge in [0.25, 0.3) is 0 Å². The molecule has 1 unspecified atom stereocenters. The van der Waals surface area contributed by atoms with Crippen LogP contribution in [0.25, 0.3) is 11.2 Å². The van der Waals surface area contributed by atoms with Crippen molar-refractivity contribution in [1.82, 2.24) is 15.0 Å². The summed E-state index contributed by atoms with van der Waals surface area (Å²) >= 11 is 3.39. The van der Waals surface area contributed by atoms with Gasteiger partial charge in [-0.25, -0.2) is 9.97 Å². The van der Waals surface area contributed by atoms with E-state index in [0.29, 0.717) is 0 Å². The van der Waals surface area contributed by atoms with Gasteiger partial charge in [-0.15, -0.1) is 0 Å². The topological polar surface area (TPSA) is 67.6 Å². The number of rotatable bonds is 4. The van der Waals surface area contributed by atoms with E-state index in [1.165, 1.54) is 0 Å². The number of fused-ring (bicyclic) bond motifs is 1. The Morgan fingerprint density at radius 1 is 1.56 bits per heavy atom. The Bertz CT molecular complexity index is 478. The standard InChI is InChI=1S/C11H15BrN4/c1-7(13)3-2-4-10-15-9-5-8(12)6-14-11(9)16-10/h5-7H,2-4,13H2,1H3,(H,14,15,16). The first-order valence-electron chi connectivity index (χ1n) is 5.41. The van der Waals surface area contributed by atoms with Crippen LogP contribution in [0.2, 0.25) is 0 Å². The lowest BCUT2D eigenvalue weighted by Crippen LogP contribution is -2.14. The van der Waals surface area contributed by atoms with E-state index in [2.05, 4.69) is 30.9 Å². The number of aryl methyl sites for hydroxylation is 1. The summed E-state index contributed by atoms with van der Waals surface area (Å²) in [5.41, 5.74) is 7.46. The third kappa shape index (κ3) is 2.80. The first kappa shape index (κ1) is 11.5. The fourth-order valence-corrected chi connectivity index (χ4v) is 1.97. The van der Waals surface area contributed by atoms with E-state index in [1.807, 2.05) is 13.0 Å². The quantitative estimate of drug-likeness (QED) is 0.905. The van der Waals surface area contributed by atoms with Gasteiger partial charge in [-0.05, 0) is 41.8 Å². The molecule has 2 heterocycles. The van der Waals surface area contributed by atoms with Crippen molar-refractivity contribution in [3.8, 4) is 0 Å². The second kappa shape index (κ2) is 4.93. The monoisotopic (exact) mass is 282 g/mol. The van der Waals surface area contributed by atoms with Crippen LogP contribution in [0.3, 0.4) is 0 Å². The van der Waals surface area contributed by atoms with Crippen molar-refractivity contribution in [2.75, 3.05) is 0 Å². The van der Waals surface area contributed by atoms with Gasteiger partial charge in [0.1, 0.15) is 5.82 Å². The minimum atomic E-state index is 0.261. The fourth-order valence-electron chi connectivity index (χ4n) is 1.63. The van der Waals surface area contributed by atoms with Crippen molar-refractivity contribution in [3.63, 3.8) is 0 Å². The van der Waals surface area contributed by atoms with Crippen molar-refractivity contribution >= 4 is 27.1 Å². The molecule has 2 aromatic rings. The van der Waals surface area contributed by atoms with E-state index in [-0.39, 0.29) is 6.04 Å². The molecule has 86 valence electrons. The highest BCUT2D eigenvalue weighted by Gasteiger charge is 2.04. The van der Waals surface area contributed by atoms with Gasteiger partial charge in [0, 0.05) is 23.1 Å². The molecule has 0 saturated carbocycles. The van der Waals surface area contributed by atoms with Crippen LogP contribution in [0.1, 0.15) is 25.6 Å². The Kier molecular flexibility index (Phi) is 3.56. The molecule has 0 spiro atoms. The molecule has 0 bridgehead atoms. The van der Waals surface area contributed by atoms with Crippen LogP contribution in [0.4, 0.5) is 0 Å². The number of hydrogen-bond acceptors (Lipinski definition) is 3. The van der Waals surface area contributed by atoms with Gasteiger partial charge in [0.15, 0.2) is 5.65 Å². The third-order valence-electron chi connectivity index (χ3n) is 2.43. The number of pyridine rings is 1. The molecule has 1 atom stereocenters. The Labute approximate surface area is 103 Å². The molecule has 2 aromatic heterocycles. The molecule has 5 heteroatoms. The normalized spacial score (nSPS) is 13.2. The van der Waals surface area contributed by atoms with Crippen LogP contribution in [-0.4, -0.2) is 21.0 Å². The van der Waals surface area contributed by atoms with E-state index < -0.39 is 0 Å². The SMILES string of the molecule is CC(N)CCCc1nc2ncc(Br)cc2[nH]1. The molecule has 0 radical (unpaired) electrons. The van der Waals surface area contributed by atoms with Crippen molar-refractivity contribution in [2.45, 2.75) is 32.2 Å². The van der Waals surface area contributed by atoms with Gasteiger partial charge in [-0.3, -0.25) is 0 Å². The van der Waals surface area contributed by atoms with Crippen LogP contribution >= 0.6 is 15.9 Å². The second-order valence-corrected chi connectivity index (χ2v) is 4.99. The zero-order valence-corrected chi connectivity index (χ0v) is 10.8. The molecule has 0 fully saturated rings. The Morgan fingerprint density at radius 3 is 3.12 bits per heavy atom. The number of imidazole rings is 1. The number of hydrogen-bond donors (Lipinski definition) is 2. The summed E-state index contributed by atoms with van der Waals surface area (Å²) in [6, 6.07) is 2.25. The number of halogens is 1. The van der Waals surface area contributed by atoms with Crippen molar-refractivity contribution in [2.24, 2.45) is 5.73 Å². The van der Waals surface area contributed by atoms with Gasteiger partial charge >= 0.3 is 0 Å². The highest BCUT2D eigenvalue weighted by atomic mass is 79.9. The molecule has 0 aliphatic rings. The number of aromatic amines is 1. The maximum Gasteiger partial charge on any atom is 0.177 e. The summed E-state index contributed by atoms with van der Waals surface area (Å²) in [5, 5.41) is 0. The van der Waals surface area contributed by atoms with Crippen LogP contribution in [-0.2, 0) is 6.42 Å². The highest BCUT2D eigenvalue weighted by Crippen LogP contribution is 2.15. The first-order valence-corrected chi connectivity index (χ1v) is 6.20. The van der Waals surface area contributed by atoms with E-state index in [1.54, 1.807) is 6.20 Å². The molecule has 0 saturated heterocycles. The van der Waals surface area contributed by atoms with Crippen molar-refractivity contribution < 1.29 is 0 Å². The lowest BCUT2D eigenvalue weighted by molar-refractivity contribution is 0.616. The predicted octanol–water partition coefficient (Wildman–Crippen LogP) is 2.39. The summed E-state index contributed by atoms with van der Waals surface area (Å²) < 4.78 is 0.964. The summed E-state index contributed by atoms with van der Waals surface area (Å²) in [5.74, 6) is 0.987. The third-order valence-corrected chi connectivity index (χ3v) is 2.86. The number of nitrogens with zero attached hydrogens (tertiary/aromatic N) is 2. The van der Waals surface area contributed by atoms with Crippen LogP contribution in [0.15, 0.2) is 16.7 Å². The average Bonchev–Trinajstić information content (AvgIpc) is 2.58. The first-order chi connectivity index (χ1) is 7.65. The minimum Gasteiger partial charge on any atom is -0.341 e. The maximum atomic E-state index is 5.70. The van der Waals surface area contributed by atoms with Gasteiger partial charge in [-0.2, -0.15) is 0 Å². The van der Waals surface area contributed by atoms with Crippen molar-refractivity contribution in [3.05, 3.63) is 22.6 Å². The summed E-state index contributed by atoms with van der Waals surface area (Å²) in [6.07, 6.45) is 4.76. The molecule has 3 N–H and O–H groups in total. The van der Waals surface area contributed by atoms with E-state index in [9.17, 15) is 0 Å². The molecule has 2 rings (SSSR count). The summed E-state index contributed by atoms with van der Waals surface area (Å²) in [6.45, 7) is 2.03. The number of aromatic nitrogens is 3. The molecule has 0 aromatic carbocycles. The zero-order valence-electron chi connectivity index (χ0n) is 9.20. The molecule has 0 aliphatic carbocycles. The zero-order chi connectivity index (χ0) is 11.5. The predicted molar refractivity (Wildman–Crippen MR) is 68.2 cm³/mol. The molecular weight excluding hydrogens is 268 g/mol. The van der Waals surface area contributed by atoms with E-state index in [0.717, 1.165) is 40.7 Å². The van der Waals surface area contributed by atoms with Crippen LogP contribution in [0.5, 0.6) is 0 Å². The highest BCUT2D eigenvalue weighted by molar-refractivity contribution is 9.10. The van der Waals surface area contributed by atoms with Gasteiger partial charge in [0.05, 0.1) is 5.52 Å². The second-order valence-electron chi connectivity index (χ2n) is 4.08.